The second-order valence-corrected chi connectivity index (χ2v) is 5.06. The number of fused-ring (bicyclic) bond motifs is 1. The second-order valence-electron chi connectivity index (χ2n) is 5.06. The summed E-state index contributed by atoms with van der Waals surface area (Å²) >= 11 is 0. The molecule has 2 N–H and O–H groups in total. The predicted octanol–water partition coefficient (Wildman–Crippen LogP) is 2.95. The number of carboxylic acid groups (broad SMARTS) is 1. The number of rotatable bonds is 5. The number of hydrogen-bond donors (Lipinski definition) is 2. The molecule has 20 heavy (non-hydrogen) atoms. The SMILES string of the molecule is CCC(CC)(CC)n1c(=O)[nH]c2cccc(C(=O)O)c21. The van der Waals surface area contributed by atoms with Crippen LogP contribution in [0, 0.1) is 0 Å². The van der Waals surface area contributed by atoms with Gasteiger partial charge in [-0.1, -0.05) is 26.8 Å². The van der Waals surface area contributed by atoms with Gasteiger partial charge in [0.2, 0.25) is 0 Å². The van der Waals surface area contributed by atoms with Gasteiger partial charge in [0, 0.05) is 5.54 Å². The van der Waals surface area contributed by atoms with Gasteiger partial charge in [0.25, 0.3) is 0 Å². The van der Waals surface area contributed by atoms with Crippen LogP contribution >= 0.6 is 0 Å². The van der Waals surface area contributed by atoms with Crippen molar-refractivity contribution in [2.45, 2.75) is 45.6 Å². The molecule has 0 aliphatic heterocycles. The minimum Gasteiger partial charge on any atom is -0.478 e. The lowest BCUT2D eigenvalue weighted by Crippen LogP contribution is -2.39. The molecule has 5 nitrogen and oxygen atoms in total. The Balaban J connectivity index is 2.92. The molecule has 0 saturated carbocycles. The standard InChI is InChI=1S/C15H20N2O3/c1-4-15(5-2,6-3)17-12-10(13(18)19)8-7-9-11(12)16-14(17)20/h7-9H,4-6H2,1-3H3,(H,16,20)(H,18,19). The number of para-hydroxylation sites is 1. The van der Waals surface area contributed by atoms with Gasteiger partial charge in [0.05, 0.1) is 16.6 Å². The molecule has 0 radical (unpaired) electrons. The van der Waals surface area contributed by atoms with E-state index in [0.29, 0.717) is 11.0 Å². The summed E-state index contributed by atoms with van der Waals surface area (Å²) in [6.07, 6.45) is 2.34. The maximum absolute atomic E-state index is 12.4. The zero-order chi connectivity index (χ0) is 14.9. The third-order valence-corrected chi connectivity index (χ3v) is 4.38. The van der Waals surface area contributed by atoms with Crippen molar-refractivity contribution in [2.24, 2.45) is 0 Å². The molecular formula is C15H20N2O3. The van der Waals surface area contributed by atoms with E-state index in [1.54, 1.807) is 22.8 Å². The van der Waals surface area contributed by atoms with E-state index < -0.39 is 5.97 Å². The molecule has 0 amide bonds. The van der Waals surface area contributed by atoms with Crippen molar-refractivity contribution in [2.75, 3.05) is 0 Å². The number of carbonyl (C=O) groups is 1. The van der Waals surface area contributed by atoms with Crippen molar-refractivity contribution in [3.05, 3.63) is 34.2 Å². The van der Waals surface area contributed by atoms with Crippen LogP contribution in [0.1, 0.15) is 50.4 Å². The van der Waals surface area contributed by atoms with Crippen molar-refractivity contribution in [3.63, 3.8) is 0 Å². The van der Waals surface area contributed by atoms with E-state index in [-0.39, 0.29) is 16.8 Å². The van der Waals surface area contributed by atoms with Gasteiger partial charge >= 0.3 is 11.7 Å². The Morgan fingerprint density at radius 1 is 1.25 bits per heavy atom. The third kappa shape index (κ3) is 1.94. The number of nitrogens with zero attached hydrogens (tertiary/aromatic N) is 1. The van der Waals surface area contributed by atoms with Crippen LogP contribution in [0.4, 0.5) is 0 Å². The largest absolute Gasteiger partial charge is 0.478 e. The summed E-state index contributed by atoms with van der Waals surface area (Å²) in [6, 6.07) is 4.93. The zero-order valence-corrected chi connectivity index (χ0v) is 12.1. The molecule has 0 atom stereocenters. The van der Waals surface area contributed by atoms with Gasteiger partial charge in [-0.3, -0.25) is 4.57 Å². The minimum atomic E-state index is -1.01. The molecule has 0 saturated heterocycles. The Morgan fingerprint density at radius 3 is 2.35 bits per heavy atom. The normalized spacial score (nSPS) is 11.9. The van der Waals surface area contributed by atoms with Gasteiger partial charge in [-0.05, 0) is 31.4 Å². The quantitative estimate of drug-likeness (QED) is 0.881. The highest BCUT2D eigenvalue weighted by Gasteiger charge is 2.31. The molecule has 1 aromatic heterocycles. The number of imidazole rings is 1. The summed E-state index contributed by atoms with van der Waals surface area (Å²) in [7, 11) is 0. The van der Waals surface area contributed by atoms with Gasteiger partial charge in [-0.25, -0.2) is 9.59 Å². The van der Waals surface area contributed by atoms with Crippen LogP contribution in [0.15, 0.2) is 23.0 Å². The highest BCUT2D eigenvalue weighted by molar-refractivity contribution is 6.01. The molecule has 5 heteroatoms. The first-order valence-corrected chi connectivity index (χ1v) is 6.98. The van der Waals surface area contributed by atoms with Crippen molar-refractivity contribution < 1.29 is 9.90 Å². The summed E-state index contributed by atoms with van der Waals surface area (Å²) in [5.41, 5.74) is 0.658. The number of carboxylic acids is 1. The Labute approximate surface area is 117 Å². The van der Waals surface area contributed by atoms with Gasteiger partial charge in [0.1, 0.15) is 0 Å². The minimum absolute atomic E-state index is 0.167. The van der Waals surface area contributed by atoms with Gasteiger partial charge in [0.15, 0.2) is 0 Å². The molecule has 2 aromatic rings. The van der Waals surface area contributed by atoms with E-state index in [4.69, 9.17) is 0 Å². The number of aromatic amines is 1. The van der Waals surface area contributed by atoms with E-state index in [2.05, 4.69) is 4.98 Å². The molecule has 2 rings (SSSR count). The first-order chi connectivity index (χ1) is 9.50. The lowest BCUT2D eigenvalue weighted by atomic mass is 9.89. The van der Waals surface area contributed by atoms with Crippen LogP contribution in [0.5, 0.6) is 0 Å². The average molecular weight is 276 g/mol. The third-order valence-electron chi connectivity index (χ3n) is 4.38. The average Bonchev–Trinajstić information content (AvgIpc) is 2.78. The molecule has 0 bridgehead atoms. The van der Waals surface area contributed by atoms with Crippen molar-refractivity contribution in [1.82, 2.24) is 9.55 Å². The van der Waals surface area contributed by atoms with Gasteiger partial charge < -0.3 is 10.1 Å². The number of aromatic nitrogens is 2. The fourth-order valence-corrected chi connectivity index (χ4v) is 3.01. The molecule has 0 spiro atoms. The molecule has 0 aliphatic rings. The summed E-state index contributed by atoms with van der Waals surface area (Å²) in [4.78, 5) is 26.6. The first-order valence-electron chi connectivity index (χ1n) is 6.98. The van der Waals surface area contributed by atoms with E-state index in [1.807, 2.05) is 20.8 Å². The smallest absolute Gasteiger partial charge is 0.337 e. The lowest BCUT2D eigenvalue weighted by Gasteiger charge is -2.32. The van der Waals surface area contributed by atoms with E-state index in [1.165, 1.54) is 0 Å². The van der Waals surface area contributed by atoms with Crippen LogP contribution in [-0.4, -0.2) is 20.6 Å². The predicted molar refractivity (Wildman–Crippen MR) is 78.4 cm³/mol. The molecule has 0 fully saturated rings. The fourth-order valence-electron chi connectivity index (χ4n) is 3.01. The van der Waals surface area contributed by atoms with Gasteiger partial charge in [-0.2, -0.15) is 0 Å². The van der Waals surface area contributed by atoms with Crippen LogP contribution in [0.25, 0.3) is 11.0 Å². The van der Waals surface area contributed by atoms with E-state index >= 15 is 0 Å². The molecule has 0 unspecified atom stereocenters. The Morgan fingerprint density at radius 2 is 1.85 bits per heavy atom. The summed E-state index contributed by atoms with van der Waals surface area (Å²) in [5, 5.41) is 9.37. The maximum Gasteiger partial charge on any atom is 0.337 e. The number of hydrogen-bond acceptors (Lipinski definition) is 2. The Kier molecular flexibility index (Phi) is 3.70. The molecule has 1 aromatic carbocycles. The molecule has 108 valence electrons. The Bertz CT molecular complexity index is 684. The molecule has 1 heterocycles. The summed E-state index contributed by atoms with van der Waals surface area (Å²) < 4.78 is 1.64. The van der Waals surface area contributed by atoms with Crippen LogP contribution < -0.4 is 5.69 Å². The maximum atomic E-state index is 12.4. The highest BCUT2D eigenvalue weighted by atomic mass is 16.4. The summed E-state index contributed by atoms with van der Waals surface area (Å²) in [6.45, 7) is 6.09. The highest BCUT2D eigenvalue weighted by Crippen LogP contribution is 2.31. The van der Waals surface area contributed by atoms with E-state index in [0.717, 1.165) is 19.3 Å². The zero-order valence-electron chi connectivity index (χ0n) is 12.1. The van der Waals surface area contributed by atoms with Crippen molar-refractivity contribution in [1.29, 1.82) is 0 Å². The Hall–Kier alpha value is -2.04. The van der Waals surface area contributed by atoms with Crippen LogP contribution in [-0.2, 0) is 5.54 Å². The monoisotopic (exact) mass is 276 g/mol. The lowest BCUT2D eigenvalue weighted by molar-refractivity contribution is 0.0698. The molecular weight excluding hydrogens is 256 g/mol. The van der Waals surface area contributed by atoms with E-state index in [9.17, 15) is 14.7 Å². The fraction of sp³-hybridized carbons (Fsp3) is 0.467. The number of H-pyrrole nitrogens is 1. The number of nitrogens with one attached hydrogen (secondary N) is 1. The van der Waals surface area contributed by atoms with Gasteiger partial charge in [-0.15, -0.1) is 0 Å². The summed E-state index contributed by atoms with van der Waals surface area (Å²) in [5.74, 6) is -1.01. The van der Waals surface area contributed by atoms with Crippen molar-refractivity contribution >= 4 is 17.0 Å². The van der Waals surface area contributed by atoms with Crippen molar-refractivity contribution in [3.8, 4) is 0 Å². The second kappa shape index (κ2) is 5.15. The number of aromatic carboxylic acids is 1. The molecule has 0 aliphatic carbocycles. The topological polar surface area (TPSA) is 75.1 Å². The number of benzene rings is 1. The van der Waals surface area contributed by atoms with Crippen LogP contribution in [0.2, 0.25) is 0 Å². The van der Waals surface area contributed by atoms with Crippen LogP contribution in [0.3, 0.4) is 0 Å². The first kappa shape index (κ1) is 14.4.